The van der Waals surface area contributed by atoms with Crippen LogP contribution >= 0.6 is 0 Å². The van der Waals surface area contributed by atoms with Gasteiger partial charge < -0.3 is 0 Å². The molecule has 0 saturated carbocycles. The Morgan fingerprint density at radius 1 is 0.833 bits per heavy atom. The SMILES string of the molecule is [CH2]C[Si](CCC)(CCC)CCC. The number of hydrogen-bond acceptors (Lipinski definition) is 0. The number of hydrogen-bond donors (Lipinski definition) is 0. The molecular formula is C11H25Si. The summed E-state index contributed by atoms with van der Waals surface area (Å²) in [5, 5.41) is 0. The molecule has 0 saturated heterocycles. The molecule has 0 aliphatic carbocycles. The minimum atomic E-state index is -0.881. The summed E-state index contributed by atoms with van der Waals surface area (Å²) in [6, 6.07) is 5.80. The van der Waals surface area contributed by atoms with E-state index in [1.54, 1.807) is 0 Å². The highest BCUT2D eigenvalue weighted by Gasteiger charge is 2.27. The maximum absolute atomic E-state index is 4.18. The third kappa shape index (κ3) is 3.75. The molecule has 0 aromatic rings. The Balaban J connectivity index is 4.06. The molecule has 0 bridgehead atoms. The Hall–Kier alpha value is 0.217. The highest BCUT2D eigenvalue weighted by molar-refractivity contribution is 6.80. The molecular weight excluding hydrogens is 160 g/mol. The average molecular weight is 185 g/mol. The van der Waals surface area contributed by atoms with Crippen LogP contribution in [0.4, 0.5) is 0 Å². The Morgan fingerprint density at radius 2 is 1.17 bits per heavy atom. The average Bonchev–Trinajstić information content (AvgIpc) is 2.06. The second-order valence-electron chi connectivity index (χ2n) is 4.00. The van der Waals surface area contributed by atoms with Gasteiger partial charge in [0.05, 0.1) is 8.07 Å². The lowest BCUT2D eigenvalue weighted by molar-refractivity contribution is 0.917. The predicted molar refractivity (Wildman–Crippen MR) is 61.2 cm³/mol. The van der Waals surface area contributed by atoms with E-state index in [1.807, 2.05) is 0 Å². The molecule has 0 aromatic carbocycles. The van der Waals surface area contributed by atoms with Crippen molar-refractivity contribution in [3.05, 3.63) is 6.92 Å². The van der Waals surface area contributed by atoms with Gasteiger partial charge in [-0.25, -0.2) is 0 Å². The fourth-order valence-electron chi connectivity index (χ4n) is 2.34. The van der Waals surface area contributed by atoms with Crippen molar-refractivity contribution in [1.29, 1.82) is 0 Å². The summed E-state index contributed by atoms with van der Waals surface area (Å²) in [5.41, 5.74) is 0. The topological polar surface area (TPSA) is 0 Å². The smallest absolute Gasteiger partial charge is 0.0535 e. The normalized spacial score (nSPS) is 12.0. The molecule has 0 unspecified atom stereocenters. The van der Waals surface area contributed by atoms with Crippen molar-refractivity contribution in [3.63, 3.8) is 0 Å². The molecule has 0 spiro atoms. The van der Waals surface area contributed by atoms with E-state index in [0.717, 1.165) is 0 Å². The van der Waals surface area contributed by atoms with Gasteiger partial charge in [0.15, 0.2) is 0 Å². The van der Waals surface area contributed by atoms with Gasteiger partial charge in [0, 0.05) is 0 Å². The van der Waals surface area contributed by atoms with Crippen LogP contribution in [0.25, 0.3) is 0 Å². The minimum Gasteiger partial charge on any atom is -0.0657 e. The highest BCUT2D eigenvalue weighted by atomic mass is 28.3. The summed E-state index contributed by atoms with van der Waals surface area (Å²) in [4.78, 5) is 0. The zero-order chi connectivity index (χ0) is 9.45. The molecule has 0 aliphatic rings. The second-order valence-corrected chi connectivity index (χ2v) is 9.00. The van der Waals surface area contributed by atoms with Gasteiger partial charge in [0.25, 0.3) is 0 Å². The molecule has 0 atom stereocenters. The standard InChI is InChI=1S/C11H25Si/c1-5-9-12(8-4,10-6-2)11-7-3/h4-11H2,1-3H3. The van der Waals surface area contributed by atoms with Gasteiger partial charge in [-0.05, 0) is 0 Å². The Labute approximate surface area is 79.8 Å². The van der Waals surface area contributed by atoms with Crippen molar-refractivity contribution in [2.24, 2.45) is 0 Å². The summed E-state index contributed by atoms with van der Waals surface area (Å²) >= 11 is 0. The minimum absolute atomic E-state index is 0.881. The van der Waals surface area contributed by atoms with E-state index in [0.29, 0.717) is 0 Å². The molecule has 12 heavy (non-hydrogen) atoms. The van der Waals surface area contributed by atoms with E-state index in [-0.39, 0.29) is 0 Å². The van der Waals surface area contributed by atoms with Crippen LogP contribution in [0.15, 0.2) is 0 Å². The van der Waals surface area contributed by atoms with Crippen LogP contribution in [0.5, 0.6) is 0 Å². The Morgan fingerprint density at radius 3 is 1.33 bits per heavy atom. The first-order valence-corrected chi connectivity index (χ1v) is 8.36. The molecule has 0 fully saturated rings. The van der Waals surface area contributed by atoms with E-state index < -0.39 is 8.07 Å². The van der Waals surface area contributed by atoms with Gasteiger partial charge in [-0.2, -0.15) is 0 Å². The monoisotopic (exact) mass is 185 g/mol. The molecule has 0 aliphatic heterocycles. The summed E-state index contributed by atoms with van der Waals surface area (Å²) < 4.78 is 0. The van der Waals surface area contributed by atoms with E-state index in [2.05, 4.69) is 27.7 Å². The second kappa shape index (κ2) is 6.70. The van der Waals surface area contributed by atoms with Crippen LogP contribution in [0.3, 0.4) is 0 Å². The van der Waals surface area contributed by atoms with Crippen molar-refractivity contribution < 1.29 is 0 Å². The maximum Gasteiger partial charge on any atom is 0.0535 e. The third-order valence-electron chi connectivity index (χ3n) is 2.87. The van der Waals surface area contributed by atoms with Gasteiger partial charge in [0.2, 0.25) is 0 Å². The fraction of sp³-hybridized carbons (Fsp3) is 0.909. The van der Waals surface area contributed by atoms with Crippen molar-refractivity contribution in [2.75, 3.05) is 0 Å². The van der Waals surface area contributed by atoms with Gasteiger partial charge in [-0.15, -0.1) is 0 Å². The van der Waals surface area contributed by atoms with Crippen molar-refractivity contribution >= 4 is 8.07 Å². The molecule has 0 aromatic heterocycles. The molecule has 73 valence electrons. The first kappa shape index (κ1) is 12.2. The van der Waals surface area contributed by atoms with E-state index in [9.17, 15) is 0 Å². The van der Waals surface area contributed by atoms with E-state index >= 15 is 0 Å². The molecule has 1 radical (unpaired) electrons. The Kier molecular flexibility index (Phi) is 6.82. The molecule has 0 amide bonds. The molecule has 0 heterocycles. The Bertz CT molecular complexity index is 82.2. The lowest BCUT2D eigenvalue weighted by Gasteiger charge is -2.29. The van der Waals surface area contributed by atoms with Crippen LogP contribution < -0.4 is 0 Å². The van der Waals surface area contributed by atoms with Gasteiger partial charge >= 0.3 is 0 Å². The summed E-state index contributed by atoms with van der Waals surface area (Å²) in [6.07, 6.45) is 4.13. The lowest BCUT2D eigenvalue weighted by atomic mass is 10.5. The zero-order valence-electron chi connectivity index (χ0n) is 9.16. The fourth-order valence-corrected chi connectivity index (χ4v) is 7.02. The largest absolute Gasteiger partial charge is 0.0657 e. The number of rotatable bonds is 7. The molecule has 0 nitrogen and oxygen atoms in total. The molecule has 0 rings (SSSR count). The van der Waals surface area contributed by atoms with Crippen LogP contribution in [-0.2, 0) is 0 Å². The predicted octanol–water partition coefficient (Wildman–Crippen LogP) is 4.50. The quantitative estimate of drug-likeness (QED) is 0.512. The lowest BCUT2D eigenvalue weighted by Crippen LogP contribution is -2.32. The molecule has 0 N–H and O–H groups in total. The molecule has 1 heteroatoms. The van der Waals surface area contributed by atoms with Crippen LogP contribution in [0.1, 0.15) is 40.0 Å². The summed E-state index contributed by atoms with van der Waals surface area (Å²) in [7, 11) is -0.881. The van der Waals surface area contributed by atoms with E-state index in [1.165, 1.54) is 43.4 Å². The van der Waals surface area contributed by atoms with Crippen LogP contribution in [0, 0.1) is 6.92 Å². The maximum atomic E-state index is 4.18. The third-order valence-corrected chi connectivity index (χ3v) is 8.61. The highest BCUT2D eigenvalue weighted by Crippen LogP contribution is 2.29. The van der Waals surface area contributed by atoms with Crippen molar-refractivity contribution in [1.82, 2.24) is 0 Å². The van der Waals surface area contributed by atoms with Crippen molar-refractivity contribution in [3.8, 4) is 0 Å². The van der Waals surface area contributed by atoms with Gasteiger partial charge in [-0.3, -0.25) is 0 Å². The summed E-state index contributed by atoms with van der Waals surface area (Å²) in [6.45, 7) is 11.1. The van der Waals surface area contributed by atoms with Gasteiger partial charge in [-0.1, -0.05) is 71.1 Å². The first-order chi connectivity index (χ1) is 5.74. The van der Waals surface area contributed by atoms with Crippen LogP contribution in [-0.4, -0.2) is 8.07 Å². The van der Waals surface area contributed by atoms with Gasteiger partial charge in [0.1, 0.15) is 0 Å². The van der Waals surface area contributed by atoms with E-state index in [4.69, 9.17) is 0 Å². The van der Waals surface area contributed by atoms with Crippen molar-refractivity contribution in [2.45, 2.75) is 64.2 Å². The first-order valence-electron chi connectivity index (χ1n) is 5.54. The van der Waals surface area contributed by atoms with Crippen LogP contribution in [0.2, 0.25) is 24.2 Å². The zero-order valence-corrected chi connectivity index (χ0v) is 10.2. The summed E-state index contributed by atoms with van der Waals surface area (Å²) in [5.74, 6) is 0.